The molecule has 1 rings (SSSR count). The molecule has 0 amide bonds. The first-order valence-electron chi connectivity index (χ1n) is 4.94. The van der Waals surface area contributed by atoms with Crippen molar-refractivity contribution in [2.45, 2.75) is 39.5 Å². The predicted molar refractivity (Wildman–Crippen MR) is 52.3 cm³/mol. The first-order valence-corrected chi connectivity index (χ1v) is 4.94. The van der Waals surface area contributed by atoms with Gasteiger partial charge in [-0.1, -0.05) is 18.9 Å². The number of ether oxygens (including phenoxy) is 1. The first kappa shape index (κ1) is 10.3. The van der Waals surface area contributed by atoms with E-state index in [1.807, 2.05) is 6.92 Å². The Bertz CT molecular complexity index is 228. The molecular formula is C11H18O2. The monoisotopic (exact) mass is 182 g/mol. The van der Waals surface area contributed by atoms with E-state index in [1.54, 1.807) is 0 Å². The third kappa shape index (κ3) is 2.33. The molecule has 0 spiro atoms. The van der Waals surface area contributed by atoms with Crippen LogP contribution in [0, 0.1) is 5.92 Å². The second kappa shape index (κ2) is 4.45. The van der Waals surface area contributed by atoms with Gasteiger partial charge in [0, 0.05) is 5.57 Å². The van der Waals surface area contributed by atoms with Gasteiger partial charge in [-0.2, -0.15) is 0 Å². The van der Waals surface area contributed by atoms with Crippen LogP contribution in [0.2, 0.25) is 0 Å². The van der Waals surface area contributed by atoms with E-state index in [1.165, 1.54) is 31.9 Å². The van der Waals surface area contributed by atoms with Gasteiger partial charge in [-0.05, 0) is 32.1 Å². The third-order valence-electron chi connectivity index (χ3n) is 2.90. The molecule has 0 radical (unpaired) electrons. The van der Waals surface area contributed by atoms with Crippen LogP contribution in [0.4, 0.5) is 0 Å². The Morgan fingerprint density at radius 1 is 1.46 bits per heavy atom. The first-order chi connectivity index (χ1) is 6.16. The molecule has 2 heteroatoms. The lowest BCUT2D eigenvalue weighted by molar-refractivity contribution is -0.136. The molecule has 0 N–H and O–H groups in total. The summed E-state index contributed by atoms with van der Waals surface area (Å²) in [4.78, 5) is 11.3. The molecule has 1 fully saturated rings. The molecule has 0 aliphatic heterocycles. The highest BCUT2D eigenvalue weighted by molar-refractivity contribution is 5.88. The van der Waals surface area contributed by atoms with Crippen LogP contribution in [0.1, 0.15) is 39.5 Å². The Labute approximate surface area is 80.0 Å². The highest BCUT2D eigenvalue weighted by Crippen LogP contribution is 2.31. The lowest BCUT2D eigenvalue weighted by atomic mass is 9.83. The van der Waals surface area contributed by atoms with Gasteiger partial charge in [-0.3, -0.25) is 0 Å². The van der Waals surface area contributed by atoms with Crippen molar-refractivity contribution < 1.29 is 9.53 Å². The maximum absolute atomic E-state index is 11.3. The van der Waals surface area contributed by atoms with E-state index in [2.05, 4.69) is 6.92 Å². The smallest absolute Gasteiger partial charge is 0.333 e. The van der Waals surface area contributed by atoms with Crippen LogP contribution >= 0.6 is 0 Å². The van der Waals surface area contributed by atoms with Gasteiger partial charge in [0.15, 0.2) is 0 Å². The molecule has 0 aromatic rings. The summed E-state index contributed by atoms with van der Waals surface area (Å²) < 4.78 is 4.72. The van der Waals surface area contributed by atoms with E-state index in [4.69, 9.17) is 4.74 Å². The topological polar surface area (TPSA) is 26.3 Å². The van der Waals surface area contributed by atoms with Crippen molar-refractivity contribution in [2.24, 2.45) is 5.92 Å². The number of carbonyl (C=O) groups excluding carboxylic acids is 1. The minimum atomic E-state index is -0.163. The van der Waals surface area contributed by atoms with Crippen LogP contribution in [-0.2, 0) is 9.53 Å². The summed E-state index contributed by atoms with van der Waals surface area (Å²) in [6.45, 7) is 4.07. The van der Waals surface area contributed by atoms with E-state index in [9.17, 15) is 4.79 Å². The minimum Gasteiger partial charge on any atom is -0.466 e. The van der Waals surface area contributed by atoms with Crippen molar-refractivity contribution in [3.63, 3.8) is 0 Å². The molecule has 0 aromatic heterocycles. The predicted octanol–water partition coefficient (Wildman–Crippen LogP) is 2.69. The zero-order valence-electron chi connectivity index (χ0n) is 8.72. The van der Waals surface area contributed by atoms with E-state index < -0.39 is 0 Å². The summed E-state index contributed by atoms with van der Waals surface area (Å²) in [7, 11) is 1.44. The Balaban J connectivity index is 2.80. The van der Waals surface area contributed by atoms with E-state index in [-0.39, 0.29) is 5.97 Å². The van der Waals surface area contributed by atoms with Gasteiger partial charge in [0.1, 0.15) is 0 Å². The van der Waals surface area contributed by atoms with Crippen LogP contribution in [-0.4, -0.2) is 13.1 Å². The average molecular weight is 182 g/mol. The van der Waals surface area contributed by atoms with E-state index >= 15 is 0 Å². The molecule has 1 atom stereocenters. The van der Waals surface area contributed by atoms with Crippen molar-refractivity contribution in [1.29, 1.82) is 0 Å². The van der Waals surface area contributed by atoms with Crippen molar-refractivity contribution in [3.8, 4) is 0 Å². The molecule has 1 aliphatic carbocycles. The molecule has 1 saturated carbocycles. The quantitative estimate of drug-likeness (QED) is 0.460. The van der Waals surface area contributed by atoms with Gasteiger partial charge in [0.2, 0.25) is 0 Å². The standard InChI is InChI=1S/C11H18O2/c1-8-6-4-5-7-10(8)9(2)11(12)13-3/h8H,4-7H2,1-3H3/b10-9-. The van der Waals surface area contributed by atoms with Crippen LogP contribution in [0.5, 0.6) is 0 Å². The lowest BCUT2D eigenvalue weighted by Crippen LogP contribution is -2.13. The summed E-state index contributed by atoms with van der Waals surface area (Å²) >= 11 is 0. The molecular weight excluding hydrogens is 164 g/mol. The SMILES string of the molecule is COC(=O)/C(C)=C1/CCCCC1C. The fraction of sp³-hybridized carbons (Fsp3) is 0.727. The number of hydrogen-bond acceptors (Lipinski definition) is 2. The molecule has 0 saturated heterocycles. The summed E-state index contributed by atoms with van der Waals surface area (Å²) in [6.07, 6.45) is 4.79. The fourth-order valence-corrected chi connectivity index (χ4v) is 2.03. The molecule has 1 unspecified atom stereocenters. The maximum Gasteiger partial charge on any atom is 0.333 e. The Morgan fingerprint density at radius 2 is 2.15 bits per heavy atom. The molecule has 0 heterocycles. The van der Waals surface area contributed by atoms with Crippen LogP contribution < -0.4 is 0 Å². The number of allylic oxidation sites excluding steroid dienone is 1. The van der Waals surface area contributed by atoms with E-state index in [0.717, 1.165) is 12.0 Å². The molecule has 0 aromatic carbocycles. The Hall–Kier alpha value is -0.790. The summed E-state index contributed by atoms with van der Waals surface area (Å²) in [6, 6.07) is 0. The van der Waals surface area contributed by atoms with Crippen molar-refractivity contribution in [2.75, 3.05) is 7.11 Å². The summed E-state index contributed by atoms with van der Waals surface area (Å²) in [5, 5.41) is 0. The minimum absolute atomic E-state index is 0.163. The average Bonchev–Trinajstić information content (AvgIpc) is 2.16. The maximum atomic E-state index is 11.3. The molecule has 13 heavy (non-hydrogen) atoms. The highest BCUT2D eigenvalue weighted by atomic mass is 16.5. The van der Waals surface area contributed by atoms with Gasteiger partial charge >= 0.3 is 5.97 Å². The normalized spacial score (nSPS) is 26.8. The number of esters is 1. The number of hydrogen-bond donors (Lipinski definition) is 0. The third-order valence-corrected chi connectivity index (χ3v) is 2.90. The number of methoxy groups -OCH3 is 1. The zero-order valence-corrected chi connectivity index (χ0v) is 8.72. The molecule has 74 valence electrons. The van der Waals surface area contributed by atoms with E-state index in [0.29, 0.717) is 5.92 Å². The molecule has 0 bridgehead atoms. The fourth-order valence-electron chi connectivity index (χ4n) is 2.03. The lowest BCUT2D eigenvalue weighted by Gasteiger charge is -2.23. The van der Waals surface area contributed by atoms with Gasteiger partial charge in [-0.25, -0.2) is 4.79 Å². The summed E-state index contributed by atoms with van der Waals surface area (Å²) in [5.41, 5.74) is 2.13. The number of rotatable bonds is 1. The number of carbonyl (C=O) groups is 1. The van der Waals surface area contributed by atoms with Crippen molar-refractivity contribution in [3.05, 3.63) is 11.1 Å². The van der Waals surface area contributed by atoms with Crippen molar-refractivity contribution >= 4 is 5.97 Å². The molecule has 2 nitrogen and oxygen atoms in total. The second-order valence-corrected chi connectivity index (χ2v) is 3.79. The van der Waals surface area contributed by atoms with Crippen LogP contribution in [0.15, 0.2) is 11.1 Å². The van der Waals surface area contributed by atoms with Gasteiger partial charge in [-0.15, -0.1) is 0 Å². The summed E-state index contributed by atoms with van der Waals surface area (Å²) in [5.74, 6) is 0.400. The van der Waals surface area contributed by atoms with Gasteiger partial charge in [0.05, 0.1) is 7.11 Å². The zero-order chi connectivity index (χ0) is 9.84. The largest absolute Gasteiger partial charge is 0.466 e. The Kier molecular flexibility index (Phi) is 3.52. The second-order valence-electron chi connectivity index (χ2n) is 3.79. The highest BCUT2D eigenvalue weighted by Gasteiger charge is 2.19. The van der Waals surface area contributed by atoms with Gasteiger partial charge < -0.3 is 4.74 Å². The molecule has 1 aliphatic rings. The van der Waals surface area contributed by atoms with Crippen LogP contribution in [0.3, 0.4) is 0 Å². The Morgan fingerprint density at radius 3 is 2.69 bits per heavy atom. The van der Waals surface area contributed by atoms with Crippen molar-refractivity contribution in [1.82, 2.24) is 0 Å². The van der Waals surface area contributed by atoms with Crippen LogP contribution in [0.25, 0.3) is 0 Å². The van der Waals surface area contributed by atoms with Gasteiger partial charge in [0.25, 0.3) is 0 Å².